The Kier molecular flexibility index (Phi) is 2.45. The van der Waals surface area contributed by atoms with E-state index in [4.69, 9.17) is 9.52 Å². The molecule has 0 saturated heterocycles. The number of aryl methyl sites for hydroxylation is 1. The molecule has 0 aliphatic rings. The summed E-state index contributed by atoms with van der Waals surface area (Å²) in [5.41, 5.74) is 2.50. The molecule has 18 heavy (non-hydrogen) atoms. The van der Waals surface area contributed by atoms with Gasteiger partial charge in [-0.1, -0.05) is 18.2 Å². The minimum Gasteiger partial charge on any atom is -0.477 e. The standard InChI is InChI=1S/C14H10O3S/c1-8-3-2-4-9-7-11(17-12(8)9)10-5-6-18-13(10)14(15)16/h2-7H,1H3,(H,15,16). The normalized spacial score (nSPS) is 10.9. The Bertz CT molecular complexity index is 736. The zero-order valence-corrected chi connectivity index (χ0v) is 10.5. The zero-order valence-electron chi connectivity index (χ0n) is 9.64. The van der Waals surface area contributed by atoms with E-state index in [9.17, 15) is 4.79 Å². The minimum atomic E-state index is -0.919. The first-order valence-corrected chi connectivity index (χ1v) is 6.35. The molecule has 0 fully saturated rings. The van der Waals surface area contributed by atoms with E-state index in [1.807, 2.05) is 31.2 Å². The summed E-state index contributed by atoms with van der Waals surface area (Å²) < 4.78 is 5.78. The summed E-state index contributed by atoms with van der Waals surface area (Å²) in [5, 5.41) is 11.9. The second-order valence-corrected chi connectivity index (χ2v) is 4.99. The van der Waals surface area contributed by atoms with Gasteiger partial charge in [0.15, 0.2) is 0 Å². The zero-order chi connectivity index (χ0) is 12.7. The first kappa shape index (κ1) is 11.0. The Morgan fingerprint density at radius 1 is 1.33 bits per heavy atom. The quantitative estimate of drug-likeness (QED) is 0.750. The average molecular weight is 258 g/mol. The molecule has 3 rings (SSSR count). The van der Waals surface area contributed by atoms with Crippen LogP contribution in [0.25, 0.3) is 22.3 Å². The maximum absolute atomic E-state index is 11.1. The van der Waals surface area contributed by atoms with Crippen molar-refractivity contribution in [3.63, 3.8) is 0 Å². The SMILES string of the molecule is Cc1cccc2cc(-c3ccsc3C(=O)O)oc12. The van der Waals surface area contributed by atoms with Crippen LogP contribution < -0.4 is 0 Å². The summed E-state index contributed by atoms with van der Waals surface area (Å²) in [6.45, 7) is 1.97. The summed E-state index contributed by atoms with van der Waals surface area (Å²) in [5.74, 6) is -0.310. The highest BCUT2D eigenvalue weighted by atomic mass is 32.1. The molecule has 0 atom stereocenters. The Morgan fingerprint density at radius 3 is 2.89 bits per heavy atom. The van der Waals surface area contributed by atoms with Crippen molar-refractivity contribution in [2.75, 3.05) is 0 Å². The molecule has 0 aliphatic heterocycles. The Hall–Kier alpha value is -2.07. The number of fused-ring (bicyclic) bond motifs is 1. The van der Waals surface area contributed by atoms with E-state index in [1.54, 1.807) is 11.4 Å². The van der Waals surface area contributed by atoms with Gasteiger partial charge in [0.05, 0.1) is 0 Å². The number of furan rings is 1. The molecule has 2 aromatic heterocycles. The number of thiophene rings is 1. The largest absolute Gasteiger partial charge is 0.477 e. The summed E-state index contributed by atoms with van der Waals surface area (Å²) in [7, 11) is 0. The van der Waals surface area contributed by atoms with Crippen LogP contribution in [0.5, 0.6) is 0 Å². The van der Waals surface area contributed by atoms with Crippen molar-refractivity contribution < 1.29 is 14.3 Å². The number of carboxylic acid groups (broad SMARTS) is 1. The lowest BCUT2D eigenvalue weighted by molar-refractivity contribution is 0.0702. The summed E-state index contributed by atoms with van der Waals surface area (Å²) >= 11 is 1.21. The Morgan fingerprint density at radius 2 is 2.17 bits per heavy atom. The predicted molar refractivity (Wildman–Crippen MR) is 71.2 cm³/mol. The molecular weight excluding hydrogens is 248 g/mol. The molecule has 0 bridgehead atoms. The van der Waals surface area contributed by atoms with Crippen LogP contribution in [-0.4, -0.2) is 11.1 Å². The fourth-order valence-electron chi connectivity index (χ4n) is 2.01. The van der Waals surface area contributed by atoms with Gasteiger partial charge in [0.2, 0.25) is 0 Å². The molecule has 0 aliphatic carbocycles. The van der Waals surface area contributed by atoms with Gasteiger partial charge in [-0.05, 0) is 30.0 Å². The summed E-state index contributed by atoms with van der Waals surface area (Å²) in [4.78, 5) is 11.4. The third-order valence-electron chi connectivity index (χ3n) is 2.87. The predicted octanol–water partition coefficient (Wildman–Crippen LogP) is 4.17. The third kappa shape index (κ3) is 1.62. The first-order chi connectivity index (χ1) is 8.66. The van der Waals surface area contributed by atoms with E-state index in [2.05, 4.69) is 0 Å². The molecule has 2 heterocycles. The van der Waals surface area contributed by atoms with Gasteiger partial charge in [-0.2, -0.15) is 0 Å². The highest BCUT2D eigenvalue weighted by molar-refractivity contribution is 7.12. The van der Waals surface area contributed by atoms with Crippen LogP contribution in [0.2, 0.25) is 0 Å². The molecule has 0 amide bonds. The maximum atomic E-state index is 11.1. The number of rotatable bonds is 2. The summed E-state index contributed by atoms with van der Waals surface area (Å²) in [6, 6.07) is 9.56. The Labute approximate surface area is 107 Å². The van der Waals surface area contributed by atoms with Gasteiger partial charge in [-0.15, -0.1) is 11.3 Å². The molecule has 0 saturated carbocycles. The monoisotopic (exact) mass is 258 g/mol. The van der Waals surface area contributed by atoms with Crippen molar-refractivity contribution in [2.24, 2.45) is 0 Å². The number of aromatic carboxylic acids is 1. The van der Waals surface area contributed by atoms with Crippen LogP contribution in [0.1, 0.15) is 15.2 Å². The fourth-order valence-corrected chi connectivity index (χ4v) is 2.75. The van der Waals surface area contributed by atoms with Gasteiger partial charge in [0.25, 0.3) is 0 Å². The number of benzene rings is 1. The van der Waals surface area contributed by atoms with Crippen LogP contribution in [0.3, 0.4) is 0 Å². The van der Waals surface area contributed by atoms with Gasteiger partial charge in [-0.25, -0.2) is 4.79 Å². The van der Waals surface area contributed by atoms with Crippen molar-refractivity contribution >= 4 is 28.3 Å². The minimum absolute atomic E-state index is 0.312. The second-order valence-electron chi connectivity index (χ2n) is 4.07. The van der Waals surface area contributed by atoms with E-state index in [-0.39, 0.29) is 0 Å². The van der Waals surface area contributed by atoms with Crippen molar-refractivity contribution in [3.8, 4) is 11.3 Å². The lowest BCUT2D eigenvalue weighted by atomic mass is 10.1. The molecule has 1 N–H and O–H groups in total. The molecular formula is C14H10O3S. The second kappa shape index (κ2) is 3.99. The number of hydrogen-bond donors (Lipinski definition) is 1. The number of para-hydroxylation sites is 1. The third-order valence-corrected chi connectivity index (χ3v) is 3.77. The van der Waals surface area contributed by atoms with Crippen LogP contribution >= 0.6 is 11.3 Å². The van der Waals surface area contributed by atoms with Gasteiger partial charge in [-0.3, -0.25) is 0 Å². The number of carboxylic acids is 1. The van der Waals surface area contributed by atoms with Crippen LogP contribution in [0.4, 0.5) is 0 Å². The fraction of sp³-hybridized carbons (Fsp3) is 0.0714. The molecule has 3 nitrogen and oxygen atoms in total. The van der Waals surface area contributed by atoms with Gasteiger partial charge >= 0.3 is 5.97 Å². The molecule has 90 valence electrons. The van der Waals surface area contributed by atoms with E-state index in [0.29, 0.717) is 16.2 Å². The lowest BCUT2D eigenvalue weighted by Crippen LogP contribution is -1.93. The van der Waals surface area contributed by atoms with Crippen LogP contribution in [0.15, 0.2) is 40.1 Å². The topological polar surface area (TPSA) is 50.4 Å². The van der Waals surface area contributed by atoms with Crippen molar-refractivity contribution in [2.45, 2.75) is 6.92 Å². The van der Waals surface area contributed by atoms with Crippen molar-refractivity contribution in [1.82, 2.24) is 0 Å². The van der Waals surface area contributed by atoms with Crippen LogP contribution in [0, 0.1) is 6.92 Å². The van der Waals surface area contributed by atoms with E-state index in [0.717, 1.165) is 16.5 Å². The lowest BCUT2D eigenvalue weighted by Gasteiger charge is -1.95. The molecule has 0 unspecified atom stereocenters. The van der Waals surface area contributed by atoms with Gasteiger partial charge < -0.3 is 9.52 Å². The van der Waals surface area contributed by atoms with Gasteiger partial charge in [0.1, 0.15) is 16.2 Å². The number of hydrogen-bond acceptors (Lipinski definition) is 3. The van der Waals surface area contributed by atoms with Crippen molar-refractivity contribution in [1.29, 1.82) is 0 Å². The van der Waals surface area contributed by atoms with E-state index in [1.165, 1.54) is 11.3 Å². The highest BCUT2D eigenvalue weighted by Gasteiger charge is 2.17. The average Bonchev–Trinajstić information content (AvgIpc) is 2.95. The molecule has 0 spiro atoms. The highest BCUT2D eigenvalue weighted by Crippen LogP contribution is 2.33. The molecule has 3 aromatic rings. The summed E-state index contributed by atoms with van der Waals surface area (Å²) in [6.07, 6.45) is 0. The van der Waals surface area contributed by atoms with E-state index < -0.39 is 5.97 Å². The Balaban J connectivity index is 2.23. The molecule has 0 radical (unpaired) electrons. The molecule has 4 heteroatoms. The van der Waals surface area contributed by atoms with Gasteiger partial charge in [0, 0.05) is 10.9 Å². The maximum Gasteiger partial charge on any atom is 0.346 e. The first-order valence-electron chi connectivity index (χ1n) is 5.47. The van der Waals surface area contributed by atoms with Crippen LogP contribution in [-0.2, 0) is 0 Å². The number of carbonyl (C=O) groups is 1. The van der Waals surface area contributed by atoms with E-state index >= 15 is 0 Å². The van der Waals surface area contributed by atoms with Crippen molar-refractivity contribution in [3.05, 3.63) is 46.2 Å². The smallest absolute Gasteiger partial charge is 0.346 e. The molecule has 1 aromatic carbocycles.